The van der Waals surface area contributed by atoms with Crippen molar-refractivity contribution in [2.24, 2.45) is 0 Å². The molecule has 2 heterocycles. The molecule has 2 aromatic heterocycles. The molecule has 0 spiro atoms. The van der Waals surface area contributed by atoms with E-state index in [2.05, 4.69) is 48.4 Å². The molecule has 0 radical (unpaired) electrons. The molecule has 102 valence electrons. The zero-order chi connectivity index (χ0) is 14.1. The number of pyridine rings is 1. The lowest BCUT2D eigenvalue weighted by Gasteiger charge is -2.15. The predicted octanol–water partition coefficient (Wildman–Crippen LogP) is 3.62. The molecule has 1 aromatic carbocycles. The van der Waals surface area contributed by atoms with Crippen molar-refractivity contribution in [3.05, 3.63) is 57.7 Å². The lowest BCUT2D eigenvalue weighted by Crippen LogP contribution is -2.18. The summed E-state index contributed by atoms with van der Waals surface area (Å²) in [5.74, 6) is 0. The molecule has 0 aliphatic carbocycles. The number of benzene rings is 1. The number of fused-ring (bicyclic) bond motifs is 1. The molecule has 4 heteroatoms. The van der Waals surface area contributed by atoms with Crippen LogP contribution in [0.4, 0.5) is 0 Å². The molecule has 3 nitrogen and oxygen atoms in total. The zero-order valence-corrected chi connectivity index (χ0v) is 12.7. The number of rotatable bonds is 3. The van der Waals surface area contributed by atoms with Crippen LogP contribution in [0, 0.1) is 13.8 Å². The lowest BCUT2D eigenvalue weighted by molar-refractivity contribution is 0.688. The van der Waals surface area contributed by atoms with Crippen LogP contribution in [0.2, 0.25) is 0 Å². The van der Waals surface area contributed by atoms with Gasteiger partial charge < -0.3 is 5.32 Å². The number of nitrogens with one attached hydrogen (secondary N) is 1. The molecule has 20 heavy (non-hydrogen) atoms. The van der Waals surface area contributed by atoms with Crippen molar-refractivity contribution in [1.29, 1.82) is 0 Å². The van der Waals surface area contributed by atoms with Gasteiger partial charge in [-0.1, -0.05) is 24.3 Å². The van der Waals surface area contributed by atoms with Crippen LogP contribution in [0.1, 0.15) is 27.2 Å². The van der Waals surface area contributed by atoms with Crippen molar-refractivity contribution < 1.29 is 0 Å². The van der Waals surface area contributed by atoms with E-state index in [-0.39, 0.29) is 6.04 Å². The van der Waals surface area contributed by atoms with E-state index >= 15 is 0 Å². The van der Waals surface area contributed by atoms with Crippen molar-refractivity contribution >= 4 is 22.2 Å². The number of aromatic nitrogens is 2. The van der Waals surface area contributed by atoms with Crippen LogP contribution < -0.4 is 5.32 Å². The number of nitrogens with zero attached hydrogens (tertiary/aromatic N) is 2. The lowest BCUT2D eigenvalue weighted by atomic mass is 10.0. The van der Waals surface area contributed by atoms with Crippen LogP contribution in [0.5, 0.6) is 0 Å². The zero-order valence-electron chi connectivity index (χ0n) is 11.8. The average molecular weight is 283 g/mol. The van der Waals surface area contributed by atoms with Crippen molar-refractivity contribution in [3.8, 4) is 0 Å². The van der Waals surface area contributed by atoms with Crippen LogP contribution in [0.25, 0.3) is 10.9 Å². The summed E-state index contributed by atoms with van der Waals surface area (Å²) in [6.07, 6.45) is 1.84. The van der Waals surface area contributed by atoms with Crippen LogP contribution >= 0.6 is 11.3 Å². The molecule has 0 amide bonds. The van der Waals surface area contributed by atoms with Gasteiger partial charge in [0.15, 0.2) is 0 Å². The molecule has 0 aliphatic heterocycles. The van der Waals surface area contributed by atoms with Crippen molar-refractivity contribution in [2.45, 2.75) is 19.9 Å². The maximum absolute atomic E-state index is 4.69. The third-order valence-electron chi connectivity index (χ3n) is 3.56. The maximum atomic E-state index is 4.69. The molecule has 3 rings (SSSR count). The smallest absolute Gasteiger partial charge is 0.115 e. The van der Waals surface area contributed by atoms with E-state index in [9.17, 15) is 0 Å². The Morgan fingerprint density at radius 2 is 1.95 bits per heavy atom. The third-order valence-corrected chi connectivity index (χ3v) is 4.69. The van der Waals surface area contributed by atoms with Crippen LogP contribution in [-0.2, 0) is 0 Å². The van der Waals surface area contributed by atoms with E-state index in [1.165, 1.54) is 10.4 Å². The standard InChI is InChI=1S/C16H17N3S/c1-10-11(2)20-16(19-10)15(17-3)13-8-4-6-12-7-5-9-18-14(12)13/h4-9,15,17H,1-3H3. The Morgan fingerprint density at radius 3 is 2.65 bits per heavy atom. The first-order valence-corrected chi connectivity index (χ1v) is 7.47. The Hall–Kier alpha value is -1.78. The molecule has 1 unspecified atom stereocenters. The second kappa shape index (κ2) is 5.31. The second-order valence-corrected chi connectivity index (χ2v) is 6.07. The third kappa shape index (κ3) is 2.21. The van der Waals surface area contributed by atoms with Gasteiger partial charge in [-0.3, -0.25) is 4.98 Å². The summed E-state index contributed by atoms with van der Waals surface area (Å²) in [5, 5.41) is 5.64. The molecular weight excluding hydrogens is 266 g/mol. The number of hydrogen-bond acceptors (Lipinski definition) is 4. The Morgan fingerprint density at radius 1 is 1.15 bits per heavy atom. The normalized spacial score (nSPS) is 12.8. The van der Waals surface area contributed by atoms with E-state index in [1.807, 2.05) is 19.3 Å². The monoisotopic (exact) mass is 283 g/mol. The highest BCUT2D eigenvalue weighted by Gasteiger charge is 2.19. The van der Waals surface area contributed by atoms with E-state index in [0.717, 1.165) is 21.6 Å². The fourth-order valence-corrected chi connectivity index (χ4v) is 3.45. The van der Waals surface area contributed by atoms with Gasteiger partial charge in [-0.2, -0.15) is 0 Å². The van der Waals surface area contributed by atoms with E-state index in [1.54, 1.807) is 11.3 Å². The van der Waals surface area contributed by atoms with Crippen LogP contribution in [-0.4, -0.2) is 17.0 Å². The fourth-order valence-electron chi connectivity index (χ4n) is 2.39. The fraction of sp³-hybridized carbons (Fsp3) is 0.250. The number of para-hydroxylation sites is 1. The molecular formula is C16H17N3S. The Kier molecular flexibility index (Phi) is 3.51. The van der Waals surface area contributed by atoms with Gasteiger partial charge in [0.2, 0.25) is 0 Å². The molecule has 1 atom stereocenters. The number of hydrogen-bond donors (Lipinski definition) is 1. The van der Waals surface area contributed by atoms with Gasteiger partial charge in [0, 0.05) is 22.0 Å². The van der Waals surface area contributed by atoms with Crippen molar-refractivity contribution in [2.75, 3.05) is 7.05 Å². The van der Waals surface area contributed by atoms with E-state index < -0.39 is 0 Å². The summed E-state index contributed by atoms with van der Waals surface area (Å²) >= 11 is 1.75. The summed E-state index contributed by atoms with van der Waals surface area (Å²) in [4.78, 5) is 10.5. The minimum absolute atomic E-state index is 0.0889. The summed E-state index contributed by atoms with van der Waals surface area (Å²) < 4.78 is 0. The van der Waals surface area contributed by atoms with Gasteiger partial charge in [0.25, 0.3) is 0 Å². The SMILES string of the molecule is CNC(c1nc(C)c(C)s1)c1cccc2cccnc12. The van der Waals surface area contributed by atoms with Crippen molar-refractivity contribution in [1.82, 2.24) is 15.3 Å². The largest absolute Gasteiger partial charge is 0.307 e. The molecule has 0 aliphatic rings. The quantitative estimate of drug-likeness (QED) is 0.798. The first-order valence-electron chi connectivity index (χ1n) is 6.65. The molecule has 1 N–H and O–H groups in total. The first-order chi connectivity index (χ1) is 9.70. The van der Waals surface area contributed by atoms with Gasteiger partial charge in [0.05, 0.1) is 17.3 Å². The molecule has 0 saturated heterocycles. The highest BCUT2D eigenvalue weighted by atomic mass is 32.1. The highest BCUT2D eigenvalue weighted by Crippen LogP contribution is 2.31. The van der Waals surface area contributed by atoms with Gasteiger partial charge >= 0.3 is 0 Å². The summed E-state index contributed by atoms with van der Waals surface area (Å²) in [5.41, 5.74) is 3.33. The van der Waals surface area contributed by atoms with Gasteiger partial charge in [0.1, 0.15) is 5.01 Å². The van der Waals surface area contributed by atoms with E-state index in [0.29, 0.717) is 0 Å². The second-order valence-electron chi connectivity index (χ2n) is 4.84. The van der Waals surface area contributed by atoms with Crippen LogP contribution in [0.15, 0.2) is 36.5 Å². The summed E-state index contributed by atoms with van der Waals surface area (Å²) in [7, 11) is 1.97. The molecule has 0 bridgehead atoms. The van der Waals surface area contributed by atoms with Gasteiger partial charge in [-0.15, -0.1) is 11.3 Å². The minimum atomic E-state index is 0.0889. The predicted molar refractivity (Wildman–Crippen MR) is 84.2 cm³/mol. The number of aryl methyl sites for hydroxylation is 2. The summed E-state index contributed by atoms with van der Waals surface area (Å²) in [6.45, 7) is 4.17. The molecule has 0 fully saturated rings. The Balaban J connectivity index is 2.16. The topological polar surface area (TPSA) is 37.8 Å². The summed E-state index contributed by atoms with van der Waals surface area (Å²) in [6, 6.07) is 10.5. The Labute approximate surface area is 122 Å². The van der Waals surface area contributed by atoms with Gasteiger partial charge in [-0.25, -0.2) is 4.98 Å². The van der Waals surface area contributed by atoms with E-state index in [4.69, 9.17) is 4.98 Å². The molecule has 0 saturated carbocycles. The number of thiazole rings is 1. The highest BCUT2D eigenvalue weighted by molar-refractivity contribution is 7.11. The van der Waals surface area contributed by atoms with Crippen molar-refractivity contribution in [3.63, 3.8) is 0 Å². The average Bonchev–Trinajstić information content (AvgIpc) is 2.79. The maximum Gasteiger partial charge on any atom is 0.115 e. The first kappa shape index (κ1) is 13.2. The van der Waals surface area contributed by atoms with Gasteiger partial charge in [-0.05, 0) is 27.0 Å². The minimum Gasteiger partial charge on any atom is -0.307 e. The Bertz CT molecular complexity index is 724. The van der Waals surface area contributed by atoms with Crippen LogP contribution in [0.3, 0.4) is 0 Å². The molecule has 3 aromatic rings.